The van der Waals surface area contributed by atoms with Gasteiger partial charge in [-0.3, -0.25) is 4.40 Å². The predicted molar refractivity (Wildman–Crippen MR) is 106 cm³/mol. The van der Waals surface area contributed by atoms with E-state index < -0.39 is 0 Å². The fourth-order valence-electron chi connectivity index (χ4n) is 3.50. The topological polar surface area (TPSA) is 71.7 Å². The van der Waals surface area contributed by atoms with E-state index in [1.165, 1.54) is 0 Å². The van der Waals surface area contributed by atoms with Crippen molar-refractivity contribution < 1.29 is 4.74 Å². The van der Waals surface area contributed by atoms with E-state index in [2.05, 4.69) is 31.0 Å². The van der Waals surface area contributed by atoms with Crippen molar-refractivity contribution in [2.75, 3.05) is 43.1 Å². The Morgan fingerprint density at radius 1 is 1.11 bits per heavy atom. The average molecular weight is 381 g/mol. The van der Waals surface area contributed by atoms with Crippen LogP contribution in [0.2, 0.25) is 0 Å². The van der Waals surface area contributed by atoms with Gasteiger partial charge in [0.2, 0.25) is 5.65 Å². The van der Waals surface area contributed by atoms with Crippen molar-refractivity contribution >= 4 is 38.2 Å². The van der Waals surface area contributed by atoms with Crippen molar-refractivity contribution in [1.29, 1.82) is 0 Å². The summed E-state index contributed by atoms with van der Waals surface area (Å²) in [7, 11) is 1.69. The highest BCUT2D eigenvalue weighted by atomic mass is 32.1. The summed E-state index contributed by atoms with van der Waals surface area (Å²) in [4.78, 5) is 14.0. The van der Waals surface area contributed by atoms with Crippen LogP contribution in [0.5, 0.6) is 5.75 Å². The molecule has 0 saturated carbocycles. The van der Waals surface area contributed by atoms with Gasteiger partial charge in [-0.05, 0) is 18.6 Å². The number of thiazole rings is 1. The van der Waals surface area contributed by atoms with E-state index in [4.69, 9.17) is 9.72 Å². The molecule has 8 nitrogen and oxygen atoms in total. The van der Waals surface area contributed by atoms with Gasteiger partial charge in [-0.2, -0.15) is 0 Å². The molecule has 0 amide bonds. The molecule has 9 heteroatoms. The lowest BCUT2D eigenvalue weighted by Crippen LogP contribution is -2.31. The van der Waals surface area contributed by atoms with Gasteiger partial charge >= 0.3 is 0 Å². The Morgan fingerprint density at radius 2 is 2.00 bits per heavy atom. The second kappa shape index (κ2) is 6.66. The first kappa shape index (κ1) is 16.2. The van der Waals surface area contributed by atoms with E-state index in [9.17, 15) is 0 Å². The molecule has 1 aromatic carbocycles. The summed E-state index contributed by atoms with van der Waals surface area (Å²) < 4.78 is 8.52. The van der Waals surface area contributed by atoms with Gasteiger partial charge in [0.15, 0.2) is 10.9 Å². The fourth-order valence-corrected chi connectivity index (χ4v) is 4.54. The highest BCUT2D eigenvalue weighted by molar-refractivity contribution is 7.22. The molecule has 0 radical (unpaired) electrons. The maximum atomic E-state index is 5.45. The first-order valence-corrected chi connectivity index (χ1v) is 9.73. The minimum Gasteiger partial charge on any atom is -0.494 e. The number of ether oxygens (including phenoxy) is 1. The molecule has 0 aliphatic carbocycles. The van der Waals surface area contributed by atoms with Gasteiger partial charge in [0.1, 0.15) is 17.6 Å². The number of anilines is 2. The molecule has 0 atom stereocenters. The van der Waals surface area contributed by atoms with E-state index in [1.807, 2.05) is 22.7 Å². The number of aromatic nitrogens is 5. The lowest BCUT2D eigenvalue weighted by atomic mass is 10.3. The monoisotopic (exact) mass is 381 g/mol. The molecular weight excluding hydrogens is 362 g/mol. The molecule has 1 aliphatic rings. The summed E-state index contributed by atoms with van der Waals surface area (Å²) in [5.74, 6) is 1.72. The van der Waals surface area contributed by atoms with E-state index in [0.29, 0.717) is 0 Å². The molecule has 4 heterocycles. The van der Waals surface area contributed by atoms with Crippen LogP contribution in [-0.2, 0) is 0 Å². The van der Waals surface area contributed by atoms with Crippen LogP contribution in [0, 0.1) is 0 Å². The van der Waals surface area contributed by atoms with E-state index in [1.54, 1.807) is 31.0 Å². The zero-order valence-electron chi connectivity index (χ0n) is 14.9. The summed E-state index contributed by atoms with van der Waals surface area (Å²) in [6, 6.07) is 6.07. The summed E-state index contributed by atoms with van der Waals surface area (Å²) in [5.41, 5.74) is 1.74. The number of hydrogen-bond acceptors (Lipinski definition) is 8. The number of methoxy groups -OCH3 is 1. The first-order valence-electron chi connectivity index (χ1n) is 8.91. The van der Waals surface area contributed by atoms with Crippen LogP contribution in [0.3, 0.4) is 0 Å². The van der Waals surface area contributed by atoms with Gasteiger partial charge in [-0.25, -0.2) is 9.97 Å². The lowest BCUT2D eigenvalue weighted by Gasteiger charge is -2.22. The normalized spacial score (nSPS) is 15.4. The number of nitrogens with zero attached hydrogens (tertiary/aromatic N) is 7. The van der Waals surface area contributed by atoms with Crippen LogP contribution in [0.15, 0.2) is 36.9 Å². The number of fused-ring (bicyclic) bond motifs is 2. The third-order valence-corrected chi connectivity index (χ3v) is 5.94. The number of para-hydroxylation sites is 1. The van der Waals surface area contributed by atoms with E-state index in [-0.39, 0.29) is 0 Å². The Morgan fingerprint density at radius 3 is 2.93 bits per heavy atom. The molecule has 1 saturated heterocycles. The van der Waals surface area contributed by atoms with E-state index in [0.717, 1.165) is 65.2 Å². The van der Waals surface area contributed by atoms with Crippen molar-refractivity contribution in [3.8, 4) is 5.75 Å². The SMILES string of the molecule is COc1cccc2sc(N3CCCN(c4nccn5cnnc45)CC3)nc12. The summed E-state index contributed by atoms with van der Waals surface area (Å²) in [6.07, 6.45) is 6.41. The first-order chi connectivity index (χ1) is 13.3. The smallest absolute Gasteiger partial charge is 0.203 e. The molecule has 0 bridgehead atoms. The van der Waals surface area contributed by atoms with Crippen LogP contribution in [0.1, 0.15) is 6.42 Å². The molecule has 1 fully saturated rings. The zero-order valence-corrected chi connectivity index (χ0v) is 15.8. The van der Waals surface area contributed by atoms with Crippen LogP contribution in [-0.4, -0.2) is 57.9 Å². The lowest BCUT2D eigenvalue weighted by molar-refractivity contribution is 0.419. The molecule has 0 spiro atoms. The van der Waals surface area contributed by atoms with Gasteiger partial charge in [-0.15, -0.1) is 10.2 Å². The molecule has 1 aliphatic heterocycles. The van der Waals surface area contributed by atoms with Gasteiger partial charge in [0, 0.05) is 38.6 Å². The molecule has 138 valence electrons. The van der Waals surface area contributed by atoms with Gasteiger partial charge < -0.3 is 14.5 Å². The molecule has 4 aromatic rings. The second-order valence-electron chi connectivity index (χ2n) is 6.44. The minimum atomic E-state index is 0.802. The molecular formula is C18H19N7OS. The number of benzene rings is 1. The summed E-state index contributed by atoms with van der Waals surface area (Å²) >= 11 is 1.72. The van der Waals surface area contributed by atoms with Gasteiger partial charge in [0.05, 0.1) is 11.8 Å². The van der Waals surface area contributed by atoms with Crippen LogP contribution in [0.4, 0.5) is 10.9 Å². The third kappa shape index (κ3) is 2.84. The Kier molecular flexibility index (Phi) is 4.01. The summed E-state index contributed by atoms with van der Waals surface area (Å²) in [6.45, 7) is 3.66. The number of hydrogen-bond donors (Lipinski definition) is 0. The highest BCUT2D eigenvalue weighted by Crippen LogP contribution is 2.34. The van der Waals surface area contributed by atoms with Crippen LogP contribution in [0.25, 0.3) is 15.9 Å². The van der Waals surface area contributed by atoms with Crippen molar-refractivity contribution in [1.82, 2.24) is 24.6 Å². The maximum Gasteiger partial charge on any atom is 0.203 e. The van der Waals surface area contributed by atoms with Crippen molar-refractivity contribution in [2.24, 2.45) is 0 Å². The predicted octanol–water partition coefficient (Wildman–Crippen LogP) is 2.46. The number of rotatable bonds is 3. The minimum absolute atomic E-state index is 0.802. The van der Waals surface area contributed by atoms with Crippen LogP contribution >= 0.6 is 11.3 Å². The third-order valence-electron chi connectivity index (χ3n) is 4.85. The van der Waals surface area contributed by atoms with Gasteiger partial charge in [-0.1, -0.05) is 17.4 Å². The van der Waals surface area contributed by atoms with Crippen molar-refractivity contribution in [3.63, 3.8) is 0 Å². The van der Waals surface area contributed by atoms with Gasteiger partial charge in [0.25, 0.3) is 0 Å². The zero-order chi connectivity index (χ0) is 18.2. The molecule has 5 rings (SSSR count). The molecule has 0 N–H and O–H groups in total. The Bertz CT molecular complexity index is 1090. The standard InChI is InChI=1S/C18H19N7OS/c1-26-13-4-2-5-14-15(13)21-18(27-14)24-8-3-7-23(10-11-24)16-17-22-20-12-25(17)9-6-19-16/h2,4-6,9,12H,3,7-8,10-11H2,1H3. The highest BCUT2D eigenvalue weighted by Gasteiger charge is 2.21. The Hall–Kier alpha value is -2.94. The molecule has 27 heavy (non-hydrogen) atoms. The second-order valence-corrected chi connectivity index (χ2v) is 7.45. The van der Waals surface area contributed by atoms with Crippen molar-refractivity contribution in [3.05, 3.63) is 36.9 Å². The fraction of sp³-hybridized carbons (Fsp3) is 0.333. The Labute approximate surface area is 160 Å². The average Bonchev–Trinajstić information content (AvgIpc) is 3.28. The van der Waals surface area contributed by atoms with Crippen molar-refractivity contribution in [2.45, 2.75) is 6.42 Å². The largest absolute Gasteiger partial charge is 0.494 e. The van der Waals surface area contributed by atoms with E-state index >= 15 is 0 Å². The molecule has 3 aromatic heterocycles. The maximum absolute atomic E-state index is 5.45. The van der Waals surface area contributed by atoms with Crippen LogP contribution < -0.4 is 14.5 Å². The Balaban J connectivity index is 1.41. The summed E-state index contributed by atoms with van der Waals surface area (Å²) in [5, 5.41) is 9.27. The quantitative estimate of drug-likeness (QED) is 0.540. The molecule has 0 unspecified atom stereocenters.